The van der Waals surface area contributed by atoms with E-state index in [1.165, 1.54) is 80.8 Å². The van der Waals surface area contributed by atoms with Crippen LogP contribution in [0.1, 0.15) is 172 Å². The number of carbonyl (C=O) groups is 13. The van der Waals surface area contributed by atoms with Gasteiger partial charge >= 0.3 is 18.0 Å². The summed E-state index contributed by atoms with van der Waals surface area (Å²) < 4.78 is 38.3. The van der Waals surface area contributed by atoms with Gasteiger partial charge in [0.05, 0.1) is 79.4 Å². The second-order valence-electron chi connectivity index (χ2n) is 30.3. The van der Waals surface area contributed by atoms with E-state index in [0.717, 1.165) is 11.3 Å². The third kappa shape index (κ3) is 22.4. The van der Waals surface area contributed by atoms with Gasteiger partial charge in [0, 0.05) is 163 Å². The van der Waals surface area contributed by atoms with E-state index in [1.807, 2.05) is 24.3 Å². The number of methoxy groups -OCH3 is 3. The van der Waals surface area contributed by atoms with E-state index >= 15 is 0 Å². The Labute approximate surface area is 711 Å². The maximum atomic E-state index is 13.7. The van der Waals surface area contributed by atoms with Gasteiger partial charge in [0.25, 0.3) is 53.2 Å². The van der Waals surface area contributed by atoms with Crippen LogP contribution in [0, 0.1) is 0 Å². The monoisotopic (exact) mass is 1700 g/mol. The lowest BCUT2D eigenvalue weighted by Crippen LogP contribution is -2.37. The number of ether oxygens (including phenoxy) is 5. The fourth-order valence-corrected chi connectivity index (χ4v) is 13.6. The van der Waals surface area contributed by atoms with Crippen molar-refractivity contribution in [2.45, 2.75) is 90.2 Å². The van der Waals surface area contributed by atoms with Gasteiger partial charge in [-0.2, -0.15) is 0 Å². The van der Waals surface area contributed by atoms with Crippen LogP contribution in [0.2, 0.25) is 0 Å². The number of nitrogens with one attached hydrogen (secondary N) is 10. The molecule has 40 heteroatoms. The Morgan fingerprint density at radius 1 is 0.435 bits per heavy atom. The van der Waals surface area contributed by atoms with Crippen molar-refractivity contribution < 1.29 is 86.0 Å². The number of aromatic nitrogens is 10. The average molecular weight is 1700 g/mol. The molecule has 8 aromatic heterocycles. The van der Waals surface area contributed by atoms with E-state index < -0.39 is 47.1 Å². The fraction of sp³-hybridized carbons (Fsp3) is 0.333. The molecule has 652 valence electrons. The molecule has 11 amide bonds. The summed E-state index contributed by atoms with van der Waals surface area (Å²) in [5, 5.41) is 27.3. The number of anilines is 9. The summed E-state index contributed by atoms with van der Waals surface area (Å²) in [7, 11) is 17.2. The molecular formula is C84H98N22O18. The summed E-state index contributed by atoms with van der Waals surface area (Å²) >= 11 is 0. The lowest BCUT2D eigenvalue weighted by atomic mass is 10.1. The van der Waals surface area contributed by atoms with Gasteiger partial charge in [0.2, 0.25) is 17.6 Å². The first-order valence-electron chi connectivity index (χ1n) is 39.3. The average Bonchev–Trinajstić information content (AvgIpc) is 1.60. The first-order chi connectivity index (χ1) is 59.0. The third-order valence-electron chi connectivity index (χ3n) is 19.6. The predicted octanol–water partition coefficient (Wildman–Crippen LogP) is 8.97. The zero-order chi connectivity index (χ0) is 89.5. The molecule has 12 rings (SSSR count). The number of fused-ring (bicyclic) bond motifs is 4. The third-order valence-corrected chi connectivity index (χ3v) is 19.6. The van der Waals surface area contributed by atoms with Crippen molar-refractivity contribution in [3.05, 3.63) is 179 Å². The van der Waals surface area contributed by atoms with Crippen LogP contribution in [0.5, 0.6) is 11.5 Å². The van der Waals surface area contributed by atoms with Crippen molar-refractivity contribution in [3.63, 3.8) is 0 Å². The summed E-state index contributed by atoms with van der Waals surface area (Å²) in [4.78, 5) is 181. The van der Waals surface area contributed by atoms with Crippen LogP contribution in [0.3, 0.4) is 0 Å². The number of imidazole rings is 2. The number of hydrogen-bond donors (Lipinski definition) is 10. The van der Waals surface area contributed by atoms with Gasteiger partial charge in [0.15, 0.2) is 23.1 Å². The molecule has 10 heterocycles. The Bertz CT molecular complexity index is 5810. The van der Waals surface area contributed by atoms with Crippen molar-refractivity contribution in [2.24, 2.45) is 61.4 Å². The number of unbranched alkanes of at least 4 members (excludes halogenated alkanes) is 2. The first kappa shape index (κ1) is 89.5. The van der Waals surface area contributed by atoms with E-state index in [-0.39, 0.29) is 114 Å². The number of nitrogens with zero attached hydrogens (tertiary/aromatic N) is 12. The Kier molecular flexibility index (Phi) is 28.4. The maximum Gasteiger partial charge on any atom is 0.412 e. The summed E-state index contributed by atoms with van der Waals surface area (Å²) in [6, 6.07) is 20.0. The minimum atomic E-state index is -0.689. The van der Waals surface area contributed by atoms with Gasteiger partial charge in [-0.3, -0.25) is 72.7 Å². The summed E-state index contributed by atoms with van der Waals surface area (Å²) in [6.07, 6.45) is 17.5. The molecule has 40 nitrogen and oxygen atoms in total. The molecule has 0 aliphatic carbocycles. The highest BCUT2D eigenvalue weighted by Gasteiger charge is 2.37. The van der Waals surface area contributed by atoms with Crippen molar-refractivity contribution in [1.82, 2.24) is 57.1 Å². The van der Waals surface area contributed by atoms with Crippen molar-refractivity contribution >= 4 is 140 Å². The van der Waals surface area contributed by atoms with E-state index in [1.54, 1.807) is 163 Å². The van der Waals surface area contributed by atoms with Crippen LogP contribution < -0.4 is 67.5 Å². The number of amides is 11. The lowest BCUT2D eigenvalue weighted by Gasteiger charge is -2.22. The number of aryl methyl sites for hydroxylation is 8. The molecule has 2 aliphatic rings. The molecule has 10 N–H and O–H groups in total. The Morgan fingerprint density at radius 3 is 1.27 bits per heavy atom. The van der Waals surface area contributed by atoms with E-state index in [0.29, 0.717) is 120 Å². The standard InChI is InChI=1S/C50H54N12O10.C34H44N10O8/c1-58-26-31(20-37(58)46(65)51-16-10-9-15-44(64)71-6)54-47(66)38-21-32(27-60(38)3)55-49(68)45-56-42(28-61(45)4)57-48(67)39-19-30(25-59(39)2)53-43(63)14-11-17-72-41-23-35-34(22-40(41)70-5)50(69)62-33(24-52-35)18-29-12-7-8-13-36(29)62;1-34(2,3)52-33(50)38-22-15-25(43(6)18-22)31(48)40-26-19-44(7)28(39-26)32(49)37-21-14-24(42(5)17-21)30(47)36-20-13-23(41(4)16-20)29(46)35-12-10-9-11-27(45)51-8/h7-8,12-13,19-28,33H,9-11,14-18H2,1-6H3,(H,51,65)(H,53,63)(H,54,66)(H,55,68)(H,57,67);13-19H,9-12H2,1-8H3,(H,35,46)(H,36,47)(H,37,49)(H,38,50)(H,40,48)/t33-;/m0./s1. The highest BCUT2D eigenvalue weighted by Crippen LogP contribution is 2.41. The van der Waals surface area contributed by atoms with Crippen molar-refractivity contribution in [1.29, 1.82) is 0 Å². The summed E-state index contributed by atoms with van der Waals surface area (Å²) in [5.41, 5.74) is 5.80. The molecule has 0 saturated heterocycles. The molecule has 0 radical (unpaired) electrons. The van der Waals surface area contributed by atoms with Crippen LogP contribution in [-0.4, -0.2) is 182 Å². The molecule has 0 bridgehead atoms. The molecule has 0 unspecified atom stereocenters. The number of para-hydroxylation sites is 1. The highest BCUT2D eigenvalue weighted by molar-refractivity contribution is 6.15. The molecule has 0 saturated carbocycles. The van der Waals surface area contributed by atoms with E-state index in [2.05, 4.69) is 77.6 Å². The first-order valence-corrected chi connectivity index (χ1v) is 39.3. The fourth-order valence-electron chi connectivity index (χ4n) is 13.6. The predicted molar refractivity (Wildman–Crippen MR) is 458 cm³/mol. The van der Waals surface area contributed by atoms with E-state index in [4.69, 9.17) is 14.2 Å². The zero-order valence-electron chi connectivity index (χ0n) is 70.9. The molecule has 1 atom stereocenters. The number of esters is 2. The highest BCUT2D eigenvalue weighted by atomic mass is 16.6. The Balaban J connectivity index is 0.000000255. The van der Waals surface area contributed by atoms with Gasteiger partial charge in [-0.05, 0) is 107 Å². The topological polar surface area (TPSA) is 469 Å². The van der Waals surface area contributed by atoms with Crippen molar-refractivity contribution in [3.8, 4) is 11.5 Å². The maximum absolute atomic E-state index is 13.7. The van der Waals surface area contributed by atoms with Crippen LogP contribution in [-0.2, 0) is 91.4 Å². The molecule has 124 heavy (non-hydrogen) atoms. The number of benzene rings is 2. The zero-order valence-corrected chi connectivity index (χ0v) is 70.9. The summed E-state index contributed by atoms with van der Waals surface area (Å²) in [5.74, 6) is -4.06. The molecule has 0 spiro atoms. The van der Waals surface area contributed by atoms with Crippen LogP contribution in [0.4, 0.5) is 61.9 Å². The molecule has 10 aromatic rings. The molecule has 2 aromatic carbocycles. The second-order valence-corrected chi connectivity index (χ2v) is 30.3. The largest absolute Gasteiger partial charge is 0.493 e. The minimum Gasteiger partial charge on any atom is -0.493 e. The van der Waals surface area contributed by atoms with Crippen LogP contribution >= 0.6 is 0 Å². The quantitative estimate of drug-likeness (QED) is 0.0107. The molecule has 2 aliphatic heterocycles. The number of rotatable bonds is 32. The van der Waals surface area contributed by atoms with Gasteiger partial charge < -0.3 is 108 Å². The lowest BCUT2D eigenvalue weighted by molar-refractivity contribution is -0.141. The summed E-state index contributed by atoms with van der Waals surface area (Å²) in [6.45, 7) is 6.12. The molecular weight excluding hydrogens is 1610 g/mol. The van der Waals surface area contributed by atoms with E-state index in [9.17, 15) is 62.3 Å². The second kappa shape index (κ2) is 39.3. The van der Waals surface area contributed by atoms with Gasteiger partial charge in [-0.15, -0.1) is 0 Å². The van der Waals surface area contributed by atoms with Crippen molar-refractivity contribution in [2.75, 3.05) is 88.5 Å². The Hall–Kier alpha value is -15.3. The SMILES string of the molecule is COC(=O)CCCCNC(=O)c1cc(NC(=O)c2cc(NC(=O)c3nc(NC(=O)c4cc(NC(=O)CCCOc5cc6c(cc5OC)C(=O)N5c7ccccc7C[C@H]5C=N6)cn4C)cn3C)cn2C)cn1C.COC(=O)CCCCNC(=O)c1cc(NC(=O)c2cc(NC(=O)c3nc(NC(=O)c4cc(NC(=O)OC(C)(C)C)cn4C)cn3C)cn2C)cn1C. The smallest absolute Gasteiger partial charge is 0.412 e. The minimum absolute atomic E-state index is 0.0112. The number of hydrogen-bond acceptors (Lipinski definition) is 21. The Morgan fingerprint density at radius 2 is 0.839 bits per heavy atom. The van der Waals surface area contributed by atoms with Crippen LogP contribution in [0.15, 0.2) is 127 Å². The van der Waals surface area contributed by atoms with Crippen LogP contribution in [0.25, 0.3) is 0 Å². The normalized spacial score (nSPS) is 12.4. The van der Waals surface area contributed by atoms with Gasteiger partial charge in [-0.1, -0.05) is 18.2 Å². The number of carbonyl (C=O) groups excluding carboxylic acids is 13. The van der Waals surface area contributed by atoms with Gasteiger partial charge in [-0.25, -0.2) is 14.8 Å². The van der Waals surface area contributed by atoms with Gasteiger partial charge in [0.1, 0.15) is 39.8 Å². The number of aliphatic imine (C=N–C) groups is 1. The molecule has 0 fully saturated rings.